The van der Waals surface area contributed by atoms with Crippen LogP contribution >= 0.6 is 0 Å². The molecule has 1 unspecified atom stereocenters. The van der Waals surface area contributed by atoms with E-state index in [0.717, 1.165) is 16.8 Å². The van der Waals surface area contributed by atoms with E-state index in [0.29, 0.717) is 0 Å². The molecule has 1 aromatic rings. The summed E-state index contributed by atoms with van der Waals surface area (Å²) in [6, 6.07) is 6.02. The second-order valence-corrected chi connectivity index (χ2v) is 2.99. The molecule has 0 heterocycles. The number of hydrogen-bond donors (Lipinski definition) is 1. The van der Waals surface area contributed by atoms with Crippen molar-refractivity contribution in [1.82, 2.24) is 0 Å². The largest absolute Gasteiger partial charge is 0.399 e. The van der Waals surface area contributed by atoms with Gasteiger partial charge in [0, 0.05) is 12.8 Å². The molecule has 0 spiro atoms. The van der Waals surface area contributed by atoms with E-state index >= 15 is 0 Å². The Morgan fingerprint density at radius 3 is 2.58 bits per heavy atom. The fraction of sp³-hybridized carbons (Fsp3) is 0.400. The van der Waals surface area contributed by atoms with Crippen molar-refractivity contribution in [1.29, 1.82) is 0 Å². The van der Waals surface area contributed by atoms with E-state index in [1.54, 1.807) is 7.11 Å². The molecule has 0 aromatic heterocycles. The lowest BCUT2D eigenvalue weighted by Crippen LogP contribution is -1.98. The zero-order valence-corrected chi connectivity index (χ0v) is 7.79. The number of ether oxygens (including phenoxy) is 1. The van der Waals surface area contributed by atoms with E-state index in [2.05, 4.69) is 0 Å². The molecule has 0 bridgehead atoms. The van der Waals surface area contributed by atoms with Gasteiger partial charge < -0.3 is 10.5 Å². The van der Waals surface area contributed by atoms with Gasteiger partial charge in [-0.25, -0.2) is 0 Å². The second-order valence-electron chi connectivity index (χ2n) is 2.99. The van der Waals surface area contributed by atoms with Crippen LogP contribution in [-0.2, 0) is 4.74 Å². The molecule has 0 saturated heterocycles. The van der Waals surface area contributed by atoms with Gasteiger partial charge in [-0.3, -0.25) is 0 Å². The molecule has 0 fully saturated rings. The minimum absolute atomic E-state index is 0.118. The smallest absolute Gasteiger partial charge is 0.0793 e. The van der Waals surface area contributed by atoms with Gasteiger partial charge in [0.2, 0.25) is 0 Å². The third-order valence-electron chi connectivity index (χ3n) is 2.13. The number of nitrogens with two attached hydrogens (primary N) is 1. The molecule has 0 radical (unpaired) electrons. The highest BCUT2D eigenvalue weighted by atomic mass is 16.5. The van der Waals surface area contributed by atoms with Crippen molar-refractivity contribution in [3.8, 4) is 0 Å². The first kappa shape index (κ1) is 9.07. The monoisotopic (exact) mass is 165 g/mol. The summed E-state index contributed by atoms with van der Waals surface area (Å²) in [7, 11) is 1.70. The maximum atomic E-state index is 5.76. The summed E-state index contributed by atoms with van der Waals surface area (Å²) in [5.74, 6) is 0. The highest BCUT2D eigenvalue weighted by molar-refractivity contribution is 5.48. The van der Waals surface area contributed by atoms with Crippen LogP contribution in [0.4, 0.5) is 5.69 Å². The summed E-state index contributed by atoms with van der Waals surface area (Å²) >= 11 is 0. The maximum Gasteiger partial charge on any atom is 0.0793 e. The lowest BCUT2D eigenvalue weighted by molar-refractivity contribution is 0.119. The summed E-state index contributed by atoms with van der Waals surface area (Å²) in [4.78, 5) is 0. The van der Waals surface area contributed by atoms with Crippen LogP contribution in [0.5, 0.6) is 0 Å². The van der Waals surface area contributed by atoms with Gasteiger partial charge in [0.05, 0.1) is 6.10 Å². The normalized spacial score (nSPS) is 12.9. The third-order valence-corrected chi connectivity index (χ3v) is 2.13. The number of methoxy groups -OCH3 is 1. The van der Waals surface area contributed by atoms with Crippen LogP contribution in [-0.4, -0.2) is 7.11 Å². The van der Waals surface area contributed by atoms with E-state index in [1.165, 1.54) is 0 Å². The van der Waals surface area contributed by atoms with E-state index in [-0.39, 0.29) is 6.10 Å². The van der Waals surface area contributed by atoms with Gasteiger partial charge >= 0.3 is 0 Å². The Balaban J connectivity index is 2.96. The van der Waals surface area contributed by atoms with Crippen LogP contribution < -0.4 is 5.73 Å². The molecule has 0 amide bonds. The molecule has 2 nitrogen and oxygen atoms in total. The number of benzene rings is 1. The quantitative estimate of drug-likeness (QED) is 0.682. The van der Waals surface area contributed by atoms with Crippen molar-refractivity contribution < 1.29 is 4.74 Å². The zero-order valence-electron chi connectivity index (χ0n) is 7.79. The standard InChI is InChI=1S/C10H15NO/c1-7-4-5-9(6-10(7)11)8(2)12-3/h4-6,8H,11H2,1-3H3. The van der Waals surface area contributed by atoms with Crippen LogP contribution in [0.3, 0.4) is 0 Å². The van der Waals surface area contributed by atoms with Crippen molar-refractivity contribution in [2.45, 2.75) is 20.0 Å². The lowest BCUT2D eigenvalue weighted by atomic mass is 10.1. The van der Waals surface area contributed by atoms with Gasteiger partial charge in [-0.05, 0) is 31.0 Å². The molecule has 0 aliphatic rings. The highest BCUT2D eigenvalue weighted by Crippen LogP contribution is 2.20. The molecule has 0 aliphatic carbocycles. The summed E-state index contributed by atoms with van der Waals surface area (Å²) in [6.45, 7) is 4.00. The predicted molar refractivity (Wildman–Crippen MR) is 51.0 cm³/mol. The summed E-state index contributed by atoms with van der Waals surface area (Å²) in [5.41, 5.74) is 8.83. The molecule has 1 rings (SSSR count). The van der Waals surface area contributed by atoms with Crippen molar-refractivity contribution in [3.05, 3.63) is 29.3 Å². The van der Waals surface area contributed by atoms with Gasteiger partial charge in [0.1, 0.15) is 0 Å². The zero-order chi connectivity index (χ0) is 9.14. The van der Waals surface area contributed by atoms with Crippen molar-refractivity contribution in [3.63, 3.8) is 0 Å². The average molecular weight is 165 g/mol. The molecule has 1 aromatic carbocycles. The minimum atomic E-state index is 0.118. The average Bonchev–Trinajstić information content (AvgIpc) is 2.08. The molecule has 2 N–H and O–H groups in total. The number of hydrogen-bond acceptors (Lipinski definition) is 2. The Hall–Kier alpha value is -1.02. The van der Waals surface area contributed by atoms with Crippen molar-refractivity contribution in [2.24, 2.45) is 0 Å². The highest BCUT2D eigenvalue weighted by Gasteiger charge is 2.03. The van der Waals surface area contributed by atoms with Crippen LogP contribution in [0.1, 0.15) is 24.2 Å². The van der Waals surface area contributed by atoms with Gasteiger partial charge in [-0.1, -0.05) is 12.1 Å². The number of anilines is 1. The first-order chi connectivity index (χ1) is 5.65. The predicted octanol–water partition coefficient (Wildman–Crippen LogP) is 2.28. The number of nitrogen functional groups attached to an aromatic ring is 1. The molecule has 0 aliphatic heterocycles. The van der Waals surface area contributed by atoms with Crippen LogP contribution in [0.15, 0.2) is 18.2 Å². The summed E-state index contributed by atoms with van der Waals surface area (Å²) < 4.78 is 5.18. The molecule has 66 valence electrons. The summed E-state index contributed by atoms with van der Waals surface area (Å²) in [5, 5.41) is 0. The molecule has 0 saturated carbocycles. The number of rotatable bonds is 2. The van der Waals surface area contributed by atoms with Crippen LogP contribution in [0.2, 0.25) is 0 Å². The van der Waals surface area contributed by atoms with E-state index in [1.807, 2.05) is 32.0 Å². The molecular weight excluding hydrogens is 150 g/mol. The Labute approximate surface area is 73.3 Å². The van der Waals surface area contributed by atoms with E-state index in [9.17, 15) is 0 Å². The summed E-state index contributed by atoms with van der Waals surface area (Å²) in [6.07, 6.45) is 0.118. The van der Waals surface area contributed by atoms with Crippen LogP contribution in [0.25, 0.3) is 0 Å². The topological polar surface area (TPSA) is 35.2 Å². The first-order valence-electron chi connectivity index (χ1n) is 4.04. The van der Waals surface area contributed by atoms with Gasteiger partial charge in [-0.15, -0.1) is 0 Å². The van der Waals surface area contributed by atoms with Crippen molar-refractivity contribution in [2.75, 3.05) is 12.8 Å². The third kappa shape index (κ3) is 1.77. The van der Waals surface area contributed by atoms with E-state index in [4.69, 9.17) is 10.5 Å². The van der Waals surface area contributed by atoms with Gasteiger partial charge in [-0.2, -0.15) is 0 Å². The Bertz CT molecular complexity index is 271. The molecular formula is C10H15NO. The maximum absolute atomic E-state index is 5.76. The number of aryl methyl sites for hydroxylation is 1. The fourth-order valence-electron chi connectivity index (χ4n) is 1.05. The molecule has 12 heavy (non-hydrogen) atoms. The van der Waals surface area contributed by atoms with Crippen LogP contribution in [0, 0.1) is 6.92 Å². The Morgan fingerprint density at radius 2 is 2.08 bits per heavy atom. The SMILES string of the molecule is COC(C)c1ccc(C)c(N)c1. The van der Waals surface area contributed by atoms with Crippen molar-refractivity contribution >= 4 is 5.69 Å². The lowest BCUT2D eigenvalue weighted by Gasteiger charge is -2.11. The van der Waals surface area contributed by atoms with E-state index < -0.39 is 0 Å². The Morgan fingerprint density at radius 1 is 1.42 bits per heavy atom. The second kappa shape index (κ2) is 3.59. The fourth-order valence-corrected chi connectivity index (χ4v) is 1.05. The molecule has 1 atom stereocenters. The Kier molecular flexibility index (Phi) is 2.71. The minimum Gasteiger partial charge on any atom is -0.399 e. The molecule has 2 heteroatoms. The van der Waals surface area contributed by atoms with Gasteiger partial charge in [0.15, 0.2) is 0 Å². The first-order valence-corrected chi connectivity index (χ1v) is 4.04. The van der Waals surface area contributed by atoms with Gasteiger partial charge in [0.25, 0.3) is 0 Å².